The van der Waals surface area contributed by atoms with Crippen molar-refractivity contribution in [3.63, 3.8) is 0 Å². The van der Waals surface area contributed by atoms with E-state index in [1.165, 1.54) is 55.5 Å². The van der Waals surface area contributed by atoms with Crippen molar-refractivity contribution >= 4 is 33.2 Å². The van der Waals surface area contributed by atoms with Gasteiger partial charge in [-0.15, -0.1) is 0 Å². The summed E-state index contributed by atoms with van der Waals surface area (Å²) in [6.45, 7) is 1.21. The van der Waals surface area contributed by atoms with Crippen LogP contribution >= 0.6 is 0 Å². The third-order valence-corrected chi connectivity index (χ3v) is 5.70. The summed E-state index contributed by atoms with van der Waals surface area (Å²) in [5.74, 6) is -2.76. The first-order valence-electron chi connectivity index (χ1n) is 9.37. The Kier molecular flexibility index (Phi) is 6.84. The fraction of sp³-hybridized carbons (Fsp3) is 0.0909. The summed E-state index contributed by atoms with van der Waals surface area (Å²) in [4.78, 5) is 24.0. The summed E-state index contributed by atoms with van der Waals surface area (Å²) < 4.78 is 53.9. The lowest BCUT2D eigenvalue weighted by Gasteiger charge is -2.15. The van der Waals surface area contributed by atoms with Crippen molar-refractivity contribution in [1.29, 1.82) is 0 Å². The van der Waals surface area contributed by atoms with Crippen LogP contribution in [0.15, 0.2) is 71.6 Å². The normalized spacial score (nSPS) is 11.0. The Morgan fingerprint density at radius 1 is 0.906 bits per heavy atom. The highest BCUT2D eigenvalue weighted by atomic mass is 32.2. The summed E-state index contributed by atoms with van der Waals surface area (Å²) in [6, 6.07) is 14.6. The van der Waals surface area contributed by atoms with Crippen molar-refractivity contribution in [1.82, 2.24) is 4.72 Å². The number of benzene rings is 3. The summed E-state index contributed by atoms with van der Waals surface area (Å²) in [5.41, 5.74) is 0.679. The highest BCUT2D eigenvalue weighted by Crippen LogP contribution is 2.25. The van der Waals surface area contributed by atoms with Gasteiger partial charge in [-0.1, -0.05) is 24.3 Å². The lowest BCUT2D eigenvalue weighted by atomic mass is 10.1. The van der Waals surface area contributed by atoms with Crippen LogP contribution in [0.3, 0.4) is 0 Å². The molecular formula is C22H19F2N3O4S. The molecule has 0 aliphatic rings. The van der Waals surface area contributed by atoms with Gasteiger partial charge in [-0.3, -0.25) is 9.59 Å². The number of anilines is 2. The molecule has 3 aromatic carbocycles. The molecule has 3 aromatic rings. The number of carbonyl (C=O) groups is 2. The van der Waals surface area contributed by atoms with Crippen molar-refractivity contribution in [2.24, 2.45) is 0 Å². The number of rotatable bonds is 7. The van der Waals surface area contributed by atoms with Gasteiger partial charge in [-0.2, -0.15) is 0 Å². The third kappa shape index (κ3) is 5.67. The monoisotopic (exact) mass is 459 g/mol. The Bertz CT molecular complexity index is 1270. The van der Waals surface area contributed by atoms with Crippen LogP contribution in [-0.2, 0) is 21.4 Å². The molecule has 7 nitrogen and oxygen atoms in total. The molecule has 0 aromatic heterocycles. The molecule has 10 heteroatoms. The van der Waals surface area contributed by atoms with Crippen LogP contribution in [0, 0.1) is 11.6 Å². The first-order valence-corrected chi connectivity index (χ1v) is 10.9. The molecule has 0 saturated carbocycles. The van der Waals surface area contributed by atoms with Gasteiger partial charge in [0.05, 0.1) is 16.3 Å². The number of carbonyl (C=O) groups excluding carboxylic acids is 2. The molecule has 32 heavy (non-hydrogen) atoms. The summed E-state index contributed by atoms with van der Waals surface area (Å²) in [5, 5.41) is 5.45. The van der Waals surface area contributed by atoms with Crippen molar-refractivity contribution in [2.45, 2.75) is 18.4 Å². The SMILES string of the molecule is CC(=O)Nc1ccc(C(=O)NS(=O)(=O)c2ccccc2)cc1NCc1ccc(F)cc1F. The molecule has 0 unspecified atom stereocenters. The average Bonchev–Trinajstić information content (AvgIpc) is 2.74. The van der Waals surface area contributed by atoms with E-state index in [-0.39, 0.29) is 34.2 Å². The number of halogens is 2. The average molecular weight is 459 g/mol. The molecule has 0 saturated heterocycles. The second kappa shape index (κ2) is 9.56. The summed E-state index contributed by atoms with van der Waals surface area (Å²) in [6.07, 6.45) is 0. The number of amides is 2. The number of sulfonamides is 1. The quantitative estimate of drug-likeness (QED) is 0.500. The van der Waals surface area contributed by atoms with E-state index in [4.69, 9.17) is 0 Å². The number of hydrogen-bond donors (Lipinski definition) is 3. The predicted octanol–water partition coefficient (Wildman–Crippen LogP) is 3.65. The van der Waals surface area contributed by atoms with Crippen molar-refractivity contribution in [2.75, 3.05) is 10.6 Å². The smallest absolute Gasteiger partial charge is 0.265 e. The third-order valence-electron chi connectivity index (χ3n) is 4.36. The molecule has 0 bridgehead atoms. The van der Waals surface area contributed by atoms with Gasteiger partial charge in [0.15, 0.2) is 0 Å². The molecule has 3 rings (SSSR count). The molecule has 2 amide bonds. The molecule has 166 valence electrons. The molecule has 0 aliphatic heterocycles. The van der Waals surface area contributed by atoms with Crippen LogP contribution < -0.4 is 15.4 Å². The molecule has 3 N–H and O–H groups in total. The second-order valence-electron chi connectivity index (χ2n) is 6.78. The van der Waals surface area contributed by atoms with Crippen molar-refractivity contribution < 1.29 is 26.8 Å². The van der Waals surface area contributed by atoms with Gasteiger partial charge in [0.1, 0.15) is 11.6 Å². The Hall–Kier alpha value is -3.79. The van der Waals surface area contributed by atoms with Gasteiger partial charge in [0.25, 0.3) is 15.9 Å². The molecule has 0 atom stereocenters. The van der Waals surface area contributed by atoms with Crippen LogP contribution in [-0.4, -0.2) is 20.2 Å². The first kappa shape index (κ1) is 22.9. The maximum atomic E-state index is 13.9. The van der Waals surface area contributed by atoms with Crippen LogP contribution in [0.4, 0.5) is 20.2 Å². The fourth-order valence-corrected chi connectivity index (χ4v) is 3.82. The van der Waals surface area contributed by atoms with E-state index in [1.54, 1.807) is 6.07 Å². The molecule has 0 radical (unpaired) electrons. The molecule has 0 fully saturated rings. The van der Waals surface area contributed by atoms with E-state index in [2.05, 4.69) is 10.6 Å². The van der Waals surface area contributed by atoms with Crippen LogP contribution in [0.2, 0.25) is 0 Å². The molecule has 0 heterocycles. The highest BCUT2D eigenvalue weighted by molar-refractivity contribution is 7.90. The molecule has 0 spiro atoms. The summed E-state index contributed by atoms with van der Waals surface area (Å²) >= 11 is 0. The molecular weight excluding hydrogens is 440 g/mol. The second-order valence-corrected chi connectivity index (χ2v) is 8.46. The van der Waals surface area contributed by atoms with Crippen LogP contribution in [0.5, 0.6) is 0 Å². The Labute approximate surface area is 183 Å². The summed E-state index contributed by atoms with van der Waals surface area (Å²) in [7, 11) is -4.09. The number of hydrogen-bond acceptors (Lipinski definition) is 5. The van der Waals surface area contributed by atoms with E-state index in [0.717, 1.165) is 12.1 Å². The van der Waals surface area contributed by atoms with Crippen molar-refractivity contribution in [3.8, 4) is 0 Å². The van der Waals surface area contributed by atoms with Gasteiger partial charge >= 0.3 is 0 Å². The largest absolute Gasteiger partial charge is 0.379 e. The van der Waals surface area contributed by atoms with Crippen molar-refractivity contribution in [3.05, 3.63) is 89.5 Å². The van der Waals surface area contributed by atoms with Crippen LogP contribution in [0.25, 0.3) is 0 Å². The topological polar surface area (TPSA) is 104 Å². The maximum absolute atomic E-state index is 13.9. The zero-order chi connectivity index (χ0) is 23.3. The fourth-order valence-electron chi connectivity index (χ4n) is 2.83. The first-order chi connectivity index (χ1) is 15.2. The zero-order valence-corrected chi connectivity index (χ0v) is 17.7. The maximum Gasteiger partial charge on any atom is 0.265 e. The van der Waals surface area contributed by atoms with Crippen LogP contribution in [0.1, 0.15) is 22.8 Å². The van der Waals surface area contributed by atoms with E-state index in [9.17, 15) is 26.8 Å². The van der Waals surface area contributed by atoms with E-state index >= 15 is 0 Å². The number of nitrogens with one attached hydrogen (secondary N) is 3. The predicted molar refractivity (Wildman–Crippen MR) is 116 cm³/mol. The van der Waals surface area contributed by atoms with Gasteiger partial charge < -0.3 is 10.6 Å². The van der Waals surface area contributed by atoms with Gasteiger partial charge in [-0.25, -0.2) is 21.9 Å². The lowest BCUT2D eigenvalue weighted by Crippen LogP contribution is -2.30. The van der Waals surface area contributed by atoms with E-state index in [1.807, 2.05) is 4.72 Å². The van der Waals surface area contributed by atoms with Gasteiger partial charge in [0, 0.05) is 30.7 Å². The minimum absolute atomic E-state index is 0.0133. The zero-order valence-electron chi connectivity index (χ0n) is 16.9. The minimum Gasteiger partial charge on any atom is -0.379 e. The molecule has 0 aliphatic carbocycles. The van der Waals surface area contributed by atoms with Gasteiger partial charge in [0.2, 0.25) is 5.91 Å². The Balaban J connectivity index is 1.85. The highest BCUT2D eigenvalue weighted by Gasteiger charge is 2.19. The minimum atomic E-state index is -4.09. The standard InChI is InChI=1S/C22H19F2N3O4S/c1-14(28)26-20-10-8-15(22(29)27-32(30,31)18-5-3-2-4-6-18)11-21(20)25-13-16-7-9-17(23)12-19(16)24/h2-12,25H,13H2,1H3,(H,26,28)(H,27,29). The Morgan fingerprint density at radius 2 is 1.62 bits per heavy atom. The lowest BCUT2D eigenvalue weighted by molar-refractivity contribution is -0.114. The van der Waals surface area contributed by atoms with E-state index in [0.29, 0.717) is 5.69 Å². The van der Waals surface area contributed by atoms with E-state index < -0.39 is 27.6 Å². The Morgan fingerprint density at radius 3 is 2.28 bits per heavy atom. The van der Waals surface area contributed by atoms with Gasteiger partial charge in [-0.05, 0) is 36.4 Å².